The van der Waals surface area contributed by atoms with Gasteiger partial charge >= 0.3 is 0 Å². The molecule has 1 unspecified atom stereocenters. The van der Waals surface area contributed by atoms with Crippen LogP contribution in [0.2, 0.25) is 0 Å². The zero-order chi connectivity index (χ0) is 16.2. The smallest absolute Gasteiger partial charge is 0.278 e. The predicted octanol–water partition coefficient (Wildman–Crippen LogP) is 1.23. The van der Waals surface area contributed by atoms with Gasteiger partial charge in [0.25, 0.3) is 10.2 Å². The number of methoxy groups -OCH3 is 1. The van der Waals surface area contributed by atoms with Crippen LogP contribution in [-0.4, -0.2) is 58.5 Å². The molecule has 0 spiro atoms. The summed E-state index contributed by atoms with van der Waals surface area (Å²) in [5.41, 5.74) is 1.02. The van der Waals surface area contributed by atoms with Gasteiger partial charge in [0.05, 0.1) is 13.2 Å². The molecule has 0 aliphatic carbocycles. The quantitative estimate of drug-likeness (QED) is 0.818. The summed E-state index contributed by atoms with van der Waals surface area (Å²) in [6, 6.07) is 7.78. The highest BCUT2D eigenvalue weighted by Crippen LogP contribution is 2.31. The normalized spacial score (nSPS) is 17.8. The molecule has 6 nitrogen and oxygen atoms in total. The number of likely N-dealkylation sites (tertiary alicyclic amines) is 1. The lowest BCUT2D eigenvalue weighted by Crippen LogP contribution is -2.41. The maximum Gasteiger partial charge on any atom is 0.278 e. The first kappa shape index (κ1) is 17.2. The molecule has 22 heavy (non-hydrogen) atoms. The molecule has 0 saturated carbocycles. The third-order valence-corrected chi connectivity index (χ3v) is 5.51. The van der Waals surface area contributed by atoms with Gasteiger partial charge in [0.15, 0.2) is 0 Å². The van der Waals surface area contributed by atoms with Crippen molar-refractivity contribution in [2.24, 2.45) is 0 Å². The maximum atomic E-state index is 12.0. The summed E-state index contributed by atoms with van der Waals surface area (Å²) in [5.74, 6) is 0.795. The van der Waals surface area contributed by atoms with Crippen LogP contribution in [-0.2, 0) is 10.2 Å². The van der Waals surface area contributed by atoms with E-state index in [4.69, 9.17) is 4.74 Å². The molecule has 1 aromatic rings. The maximum absolute atomic E-state index is 12.0. The van der Waals surface area contributed by atoms with Crippen molar-refractivity contribution < 1.29 is 13.2 Å². The number of rotatable bonds is 7. The Hall–Kier alpha value is -1.15. The van der Waals surface area contributed by atoms with Crippen molar-refractivity contribution in [3.8, 4) is 5.75 Å². The van der Waals surface area contributed by atoms with E-state index < -0.39 is 10.2 Å². The standard InChI is InChI=1S/C15H25N3O3S/c1-17(2)22(19,20)16-12-14(18-10-6-7-11-18)13-8-4-5-9-15(13)21-3/h4-5,8-9,14,16H,6-7,10-12H2,1-3H3. The van der Waals surface area contributed by atoms with E-state index in [1.807, 2.05) is 24.3 Å². The number of benzene rings is 1. The van der Waals surface area contributed by atoms with Gasteiger partial charge in [-0.25, -0.2) is 4.72 Å². The van der Waals surface area contributed by atoms with Crippen molar-refractivity contribution >= 4 is 10.2 Å². The summed E-state index contributed by atoms with van der Waals surface area (Å²) in [6.07, 6.45) is 2.29. The lowest BCUT2D eigenvalue weighted by molar-refractivity contribution is 0.240. The van der Waals surface area contributed by atoms with Crippen molar-refractivity contribution in [2.45, 2.75) is 18.9 Å². The van der Waals surface area contributed by atoms with Crippen molar-refractivity contribution in [3.05, 3.63) is 29.8 Å². The Morgan fingerprint density at radius 1 is 1.27 bits per heavy atom. The van der Waals surface area contributed by atoms with Crippen LogP contribution in [0.4, 0.5) is 0 Å². The number of hydrogen-bond donors (Lipinski definition) is 1. The van der Waals surface area contributed by atoms with Crippen molar-refractivity contribution in [2.75, 3.05) is 40.8 Å². The molecule has 0 aromatic heterocycles. The fourth-order valence-electron chi connectivity index (χ4n) is 2.74. The van der Waals surface area contributed by atoms with E-state index in [2.05, 4.69) is 9.62 Å². The molecule has 0 radical (unpaired) electrons. The first-order valence-corrected chi connectivity index (χ1v) is 8.94. The van der Waals surface area contributed by atoms with Gasteiger partial charge in [-0.05, 0) is 32.0 Å². The fraction of sp³-hybridized carbons (Fsp3) is 0.600. The van der Waals surface area contributed by atoms with Gasteiger partial charge in [-0.15, -0.1) is 0 Å². The first-order valence-electron chi connectivity index (χ1n) is 7.50. The first-order chi connectivity index (χ1) is 10.5. The Bertz CT molecular complexity index is 583. The number of nitrogens with zero attached hydrogens (tertiary/aromatic N) is 2. The summed E-state index contributed by atoms with van der Waals surface area (Å²) >= 11 is 0. The van der Waals surface area contributed by atoms with Gasteiger partial charge in [0.2, 0.25) is 0 Å². The van der Waals surface area contributed by atoms with E-state index >= 15 is 0 Å². The third-order valence-electron chi connectivity index (χ3n) is 4.02. The minimum Gasteiger partial charge on any atom is -0.496 e. The number of nitrogens with one attached hydrogen (secondary N) is 1. The molecule has 1 aromatic carbocycles. The highest BCUT2D eigenvalue weighted by Gasteiger charge is 2.27. The van der Waals surface area contributed by atoms with Crippen LogP contribution in [0.15, 0.2) is 24.3 Å². The molecule has 124 valence electrons. The second-order valence-electron chi connectivity index (χ2n) is 5.64. The summed E-state index contributed by atoms with van der Waals surface area (Å²) in [7, 11) is 1.26. The lowest BCUT2D eigenvalue weighted by Gasteiger charge is -2.29. The second-order valence-corrected chi connectivity index (χ2v) is 7.61. The number of para-hydroxylation sites is 1. The Morgan fingerprint density at radius 2 is 1.91 bits per heavy atom. The highest BCUT2D eigenvalue weighted by molar-refractivity contribution is 7.87. The minimum absolute atomic E-state index is 0.0200. The van der Waals surface area contributed by atoms with Crippen LogP contribution in [0.3, 0.4) is 0 Å². The zero-order valence-corrected chi connectivity index (χ0v) is 14.3. The Labute approximate surface area is 133 Å². The molecule has 1 atom stereocenters. The van der Waals surface area contributed by atoms with Crippen LogP contribution in [0, 0.1) is 0 Å². The molecule has 1 saturated heterocycles. The molecule has 0 bridgehead atoms. The largest absolute Gasteiger partial charge is 0.496 e. The summed E-state index contributed by atoms with van der Waals surface area (Å²) < 4.78 is 33.3. The molecule has 1 N–H and O–H groups in total. The monoisotopic (exact) mass is 327 g/mol. The molecule has 1 fully saturated rings. The molecule has 7 heteroatoms. The SMILES string of the molecule is COc1ccccc1C(CNS(=O)(=O)N(C)C)N1CCCC1. The van der Waals surface area contributed by atoms with Crippen LogP contribution in [0.25, 0.3) is 0 Å². The van der Waals surface area contributed by atoms with Crippen molar-refractivity contribution in [1.29, 1.82) is 0 Å². The number of hydrogen-bond acceptors (Lipinski definition) is 4. The minimum atomic E-state index is -3.43. The summed E-state index contributed by atoms with van der Waals surface area (Å²) in [4.78, 5) is 2.32. The van der Waals surface area contributed by atoms with Crippen LogP contribution in [0.5, 0.6) is 5.75 Å². The number of ether oxygens (including phenoxy) is 1. The van der Waals surface area contributed by atoms with Gasteiger partial charge in [0, 0.05) is 26.2 Å². The Kier molecular flexibility index (Phi) is 5.80. The molecule has 1 aliphatic heterocycles. The lowest BCUT2D eigenvalue weighted by atomic mass is 10.0. The van der Waals surface area contributed by atoms with Crippen molar-refractivity contribution in [1.82, 2.24) is 13.9 Å². The van der Waals surface area contributed by atoms with Crippen molar-refractivity contribution in [3.63, 3.8) is 0 Å². The van der Waals surface area contributed by atoms with E-state index in [0.717, 1.165) is 37.2 Å². The fourth-order valence-corrected chi connectivity index (χ4v) is 3.37. The predicted molar refractivity (Wildman–Crippen MR) is 87.2 cm³/mol. The average molecular weight is 327 g/mol. The molecule has 1 heterocycles. The highest BCUT2D eigenvalue weighted by atomic mass is 32.2. The zero-order valence-electron chi connectivity index (χ0n) is 13.4. The van der Waals surface area contributed by atoms with Gasteiger partial charge in [-0.3, -0.25) is 4.90 Å². The molecular formula is C15H25N3O3S. The summed E-state index contributed by atoms with van der Waals surface area (Å²) in [5, 5.41) is 0. The Morgan fingerprint density at radius 3 is 2.50 bits per heavy atom. The van der Waals surface area contributed by atoms with E-state index in [9.17, 15) is 8.42 Å². The van der Waals surface area contributed by atoms with Gasteiger partial charge in [-0.2, -0.15) is 12.7 Å². The van der Waals surface area contributed by atoms with Gasteiger partial charge in [-0.1, -0.05) is 18.2 Å². The van der Waals surface area contributed by atoms with Gasteiger partial charge in [0.1, 0.15) is 5.75 Å². The second kappa shape index (κ2) is 7.41. The molecule has 0 amide bonds. The Balaban J connectivity index is 2.23. The van der Waals surface area contributed by atoms with E-state index in [1.165, 1.54) is 18.4 Å². The van der Waals surface area contributed by atoms with Gasteiger partial charge < -0.3 is 4.74 Å². The summed E-state index contributed by atoms with van der Waals surface area (Å²) in [6.45, 7) is 2.29. The van der Waals surface area contributed by atoms with E-state index in [1.54, 1.807) is 7.11 Å². The van der Waals surface area contributed by atoms with Crippen LogP contribution < -0.4 is 9.46 Å². The topological polar surface area (TPSA) is 61.9 Å². The van der Waals surface area contributed by atoms with Crippen LogP contribution in [0.1, 0.15) is 24.4 Å². The third kappa shape index (κ3) is 3.98. The van der Waals surface area contributed by atoms with Crippen LogP contribution >= 0.6 is 0 Å². The van der Waals surface area contributed by atoms with E-state index in [0.29, 0.717) is 6.54 Å². The molecule has 1 aliphatic rings. The average Bonchev–Trinajstić information content (AvgIpc) is 3.02. The van der Waals surface area contributed by atoms with E-state index in [-0.39, 0.29) is 6.04 Å². The molecule has 2 rings (SSSR count). The molecular weight excluding hydrogens is 302 g/mol.